The molecule has 0 N–H and O–H groups in total. The lowest BCUT2D eigenvalue weighted by Gasteiger charge is -2.31. The minimum atomic E-state index is -4.13. The second-order valence-corrected chi connectivity index (χ2v) is 9.94. The first-order chi connectivity index (χ1) is 15.4. The highest BCUT2D eigenvalue weighted by Crippen LogP contribution is 2.32. The third kappa shape index (κ3) is 4.76. The monoisotopic (exact) mass is 490 g/mol. The molecule has 3 aromatic carbocycles. The van der Waals surface area contributed by atoms with Gasteiger partial charge in [-0.25, -0.2) is 8.42 Å². The van der Waals surface area contributed by atoms with Crippen molar-refractivity contribution in [2.45, 2.75) is 11.4 Å². The third-order valence-corrected chi connectivity index (χ3v) is 7.56. The Labute approximate surface area is 197 Å². The average Bonchev–Trinajstić information content (AvgIpc) is 2.80. The van der Waals surface area contributed by atoms with E-state index >= 15 is 0 Å². The van der Waals surface area contributed by atoms with E-state index in [9.17, 15) is 13.2 Å². The van der Waals surface area contributed by atoms with Crippen LogP contribution in [0.2, 0.25) is 10.0 Å². The molecular weight excluding hydrogens is 471 g/mol. The molecular formula is C23H20Cl2N2O4S. The summed E-state index contributed by atoms with van der Waals surface area (Å²) >= 11 is 12.2. The van der Waals surface area contributed by atoms with Crippen molar-refractivity contribution in [3.05, 3.63) is 88.4 Å². The summed E-state index contributed by atoms with van der Waals surface area (Å²) in [6.45, 7) is 0.291. The lowest BCUT2D eigenvalue weighted by atomic mass is 10.2. The van der Waals surface area contributed by atoms with Crippen LogP contribution in [0, 0.1) is 0 Å². The highest BCUT2D eigenvalue weighted by Gasteiger charge is 2.32. The standard InChI is InChI=1S/C23H20Cl2N2O4S/c24-18-10-11-19(25)22(14-18)32(29,30)26(15-17-6-2-1-3-7-17)16-23(28)27-12-13-31-21-9-5-4-8-20(21)27/h1-11,14H,12-13,15-16H2. The highest BCUT2D eigenvalue weighted by atomic mass is 35.5. The van der Waals surface area contributed by atoms with Gasteiger partial charge in [0.25, 0.3) is 0 Å². The van der Waals surface area contributed by atoms with Crippen LogP contribution in [0.3, 0.4) is 0 Å². The number of sulfonamides is 1. The molecule has 0 fully saturated rings. The van der Waals surface area contributed by atoms with Crippen LogP contribution in [0.15, 0.2) is 77.7 Å². The largest absolute Gasteiger partial charge is 0.490 e. The SMILES string of the molecule is O=C(CN(Cc1ccccc1)S(=O)(=O)c1cc(Cl)ccc1Cl)N1CCOc2ccccc21. The zero-order valence-corrected chi connectivity index (χ0v) is 19.3. The summed E-state index contributed by atoms with van der Waals surface area (Å²) in [5.74, 6) is 0.223. The van der Waals surface area contributed by atoms with E-state index < -0.39 is 10.0 Å². The van der Waals surface area contributed by atoms with E-state index in [0.717, 1.165) is 9.87 Å². The van der Waals surface area contributed by atoms with Crippen LogP contribution in [0.25, 0.3) is 0 Å². The fourth-order valence-corrected chi connectivity index (χ4v) is 5.61. The topological polar surface area (TPSA) is 66.9 Å². The van der Waals surface area contributed by atoms with Gasteiger partial charge in [-0.3, -0.25) is 4.79 Å². The van der Waals surface area contributed by atoms with Crippen LogP contribution < -0.4 is 9.64 Å². The number of benzene rings is 3. The number of amides is 1. The van der Waals surface area contributed by atoms with Crippen LogP contribution in [0.4, 0.5) is 5.69 Å². The predicted octanol–water partition coefficient (Wildman–Crippen LogP) is 4.61. The maximum Gasteiger partial charge on any atom is 0.245 e. The number of anilines is 1. The molecule has 0 bridgehead atoms. The minimum Gasteiger partial charge on any atom is -0.490 e. The highest BCUT2D eigenvalue weighted by molar-refractivity contribution is 7.89. The summed E-state index contributed by atoms with van der Waals surface area (Å²) in [6.07, 6.45) is 0. The maximum atomic E-state index is 13.6. The Balaban J connectivity index is 1.69. The summed E-state index contributed by atoms with van der Waals surface area (Å²) in [5, 5.41) is 0.276. The number of carbonyl (C=O) groups is 1. The number of rotatable bonds is 6. The Hall–Kier alpha value is -2.58. The second-order valence-electron chi connectivity index (χ2n) is 7.20. The molecule has 1 heterocycles. The first kappa shape index (κ1) is 22.6. The van der Waals surface area contributed by atoms with Gasteiger partial charge in [-0.1, -0.05) is 65.7 Å². The number of hydrogen-bond donors (Lipinski definition) is 0. The molecule has 1 aliphatic heterocycles. The lowest BCUT2D eigenvalue weighted by Crippen LogP contribution is -2.45. The van der Waals surface area contributed by atoms with Crippen molar-refractivity contribution in [2.24, 2.45) is 0 Å². The molecule has 0 aliphatic carbocycles. The molecule has 166 valence electrons. The molecule has 32 heavy (non-hydrogen) atoms. The van der Waals surface area contributed by atoms with E-state index in [1.165, 1.54) is 18.2 Å². The summed E-state index contributed by atoms with van der Waals surface area (Å²) < 4.78 is 33.9. The van der Waals surface area contributed by atoms with Crippen molar-refractivity contribution in [1.29, 1.82) is 0 Å². The quantitative estimate of drug-likeness (QED) is 0.505. The van der Waals surface area contributed by atoms with Crippen molar-refractivity contribution >= 4 is 44.8 Å². The summed E-state index contributed by atoms with van der Waals surface area (Å²) in [5.41, 5.74) is 1.35. The molecule has 0 saturated heterocycles. The molecule has 9 heteroatoms. The first-order valence-electron chi connectivity index (χ1n) is 9.87. The fraction of sp³-hybridized carbons (Fsp3) is 0.174. The van der Waals surface area contributed by atoms with E-state index in [2.05, 4.69) is 0 Å². The van der Waals surface area contributed by atoms with Gasteiger partial charge >= 0.3 is 0 Å². The van der Waals surface area contributed by atoms with Gasteiger partial charge in [0.05, 0.1) is 23.8 Å². The molecule has 0 atom stereocenters. The predicted molar refractivity (Wildman–Crippen MR) is 125 cm³/mol. The molecule has 1 amide bonds. The van der Waals surface area contributed by atoms with E-state index in [0.29, 0.717) is 24.6 Å². The van der Waals surface area contributed by atoms with Gasteiger partial charge in [0.15, 0.2) is 0 Å². The molecule has 0 aromatic heterocycles. The van der Waals surface area contributed by atoms with Crippen LogP contribution in [0.5, 0.6) is 5.75 Å². The summed E-state index contributed by atoms with van der Waals surface area (Å²) in [4.78, 5) is 14.7. The number of halogens is 2. The van der Waals surface area contributed by atoms with Gasteiger partial charge in [-0.05, 0) is 35.9 Å². The van der Waals surface area contributed by atoms with E-state index in [1.807, 2.05) is 24.3 Å². The molecule has 3 aromatic rings. The average molecular weight is 491 g/mol. The zero-order chi connectivity index (χ0) is 22.7. The van der Waals surface area contributed by atoms with Gasteiger partial charge in [0.1, 0.15) is 17.3 Å². The third-order valence-electron chi connectivity index (χ3n) is 5.05. The van der Waals surface area contributed by atoms with E-state index in [-0.39, 0.29) is 33.9 Å². The normalized spacial score (nSPS) is 13.5. The van der Waals surface area contributed by atoms with Crippen LogP contribution >= 0.6 is 23.2 Å². The molecule has 0 saturated carbocycles. The summed E-state index contributed by atoms with van der Waals surface area (Å²) in [7, 11) is -4.13. The smallest absolute Gasteiger partial charge is 0.245 e. The molecule has 1 aliphatic rings. The van der Waals surface area contributed by atoms with Gasteiger partial charge < -0.3 is 9.64 Å². The molecule has 0 spiro atoms. The molecule has 6 nitrogen and oxygen atoms in total. The Morgan fingerprint density at radius 3 is 2.50 bits per heavy atom. The summed E-state index contributed by atoms with van der Waals surface area (Å²) in [6, 6.07) is 20.5. The minimum absolute atomic E-state index is 0.00371. The van der Waals surface area contributed by atoms with Crippen LogP contribution in [0.1, 0.15) is 5.56 Å². The number of fused-ring (bicyclic) bond motifs is 1. The van der Waals surface area contributed by atoms with Crippen LogP contribution in [-0.4, -0.2) is 38.3 Å². The second kappa shape index (κ2) is 9.50. The van der Waals surface area contributed by atoms with Crippen molar-refractivity contribution in [1.82, 2.24) is 4.31 Å². The fourth-order valence-electron chi connectivity index (χ4n) is 3.49. The Morgan fingerprint density at radius 1 is 1.00 bits per heavy atom. The molecule has 4 rings (SSSR count). The maximum absolute atomic E-state index is 13.6. The van der Waals surface area contributed by atoms with Crippen molar-refractivity contribution in [3.8, 4) is 5.75 Å². The van der Waals surface area contributed by atoms with Gasteiger partial charge in [-0.15, -0.1) is 0 Å². The van der Waals surface area contributed by atoms with Crippen molar-refractivity contribution < 1.29 is 17.9 Å². The Morgan fingerprint density at radius 2 is 1.72 bits per heavy atom. The van der Waals surface area contributed by atoms with Gasteiger partial charge in [0.2, 0.25) is 15.9 Å². The number of ether oxygens (including phenoxy) is 1. The zero-order valence-electron chi connectivity index (χ0n) is 16.9. The number of nitrogens with zero attached hydrogens (tertiary/aromatic N) is 2. The number of para-hydroxylation sites is 2. The molecule has 0 unspecified atom stereocenters. The molecule has 0 radical (unpaired) electrons. The lowest BCUT2D eigenvalue weighted by molar-refractivity contribution is -0.119. The van der Waals surface area contributed by atoms with Crippen molar-refractivity contribution in [3.63, 3.8) is 0 Å². The number of hydrogen-bond acceptors (Lipinski definition) is 4. The van der Waals surface area contributed by atoms with Gasteiger partial charge in [-0.2, -0.15) is 4.31 Å². The van der Waals surface area contributed by atoms with Crippen LogP contribution in [-0.2, 0) is 21.4 Å². The van der Waals surface area contributed by atoms with E-state index in [1.54, 1.807) is 35.2 Å². The first-order valence-corrected chi connectivity index (χ1v) is 12.1. The Kier molecular flexibility index (Phi) is 6.71. The Bertz CT molecular complexity index is 1240. The number of carbonyl (C=O) groups excluding carboxylic acids is 1. The van der Waals surface area contributed by atoms with Gasteiger partial charge in [0, 0.05) is 11.6 Å². The van der Waals surface area contributed by atoms with Crippen molar-refractivity contribution in [2.75, 3.05) is 24.6 Å². The van der Waals surface area contributed by atoms with E-state index in [4.69, 9.17) is 27.9 Å².